The van der Waals surface area contributed by atoms with Crippen molar-refractivity contribution in [2.75, 3.05) is 6.54 Å². The normalized spacial score (nSPS) is 26.0. The van der Waals surface area contributed by atoms with E-state index in [0.29, 0.717) is 11.9 Å². The van der Waals surface area contributed by atoms with Crippen LogP contribution in [0.1, 0.15) is 50.2 Å². The Morgan fingerprint density at radius 2 is 2.05 bits per heavy atom. The highest BCUT2D eigenvalue weighted by Crippen LogP contribution is 2.23. The van der Waals surface area contributed by atoms with Crippen LogP contribution in [0, 0.1) is 0 Å². The molecule has 3 nitrogen and oxygen atoms in total. The predicted octanol–water partition coefficient (Wildman–Crippen LogP) is 2.88. The van der Waals surface area contributed by atoms with Crippen LogP contribution in [-0.2, 0) is 17.8 Å². The summed E-state index contributed by atoms with van der Waals surface area (Å²) in [4.78, 5) is 15.1. The molecule has 1 unspecified atom stereocenters. The lowest BCUT2D eigenvalue weighted by molar-refractivity contribution is -0.136. The molecule has 1 aromatic rings. The first-order valence-corrected chi connectivity index (χ1v) is 8.40. The molecule has 0 saturated carbocycles. The van der Waals surface area contributed by atoms with E-state index < -0.39 is 0 Å². The molecule has 1 amide bonds. The maximum absolute atomic E-state index is 12.9. The van der Waals surface area contributed by atoms with Gasteiger partial charge in [0.1, 0.15) is 0 Å². The van der Waals surface area contributed by atoms with Gasteiger partial charge in [0.15, 0.2) is 0 Å². The Kier molecular flexibility index (Phi) is 4.59. The summed E-state index contributed by atoms with van der Waals surface area (Å²) in [6.45, 7) is 3.97. The van der Waals surface area contributed by atoms with Crippen LogP contribution in [0.5, 0.6) is 0 Å². The van der Waals surface area contributed by atoms with Crippen molar-refractivity contribution >= 4 is 5.91 Å². The maximum atomic E-state index is 12.9. The molecular formula is C18H26N2O. The van der Waals surface area contributed by atoms with Gasteiger partial charge >= 0.3 is 0 Å². The number of rotatable bonds is 2. The summed E-state index contributed by atoms with van der Waals surface area (Å²) in [5.74, 6) is 0.318. The van der Waals surface area contributed by atoms with Crippen LogP contribution in [0.3, 0.4) is 0 Å². The fourth-order valence-corrected chi connectivity index (χ4v) is 3.72. The summed E-state index contributed by atoms with van der Waals surface area (Å²) in [6, 6.07) is 8.88. The molecule has 114 valence electrons. The molecule has 0 radical (unpaired) electrons. The summed E-state index contributed by atoms with van der Waals surface area (Å²) in [5.41, 5.74) is 2.67. The van der Waals surface area contributed by atoms with E-state index in [1.54, 1.807) is 0 Å². The number of nitrogens with zero attached hydrogens (tertiary/aromatic N) is 1. The fourth-order valence-electron chi connectivity index (χ4n) is 3.72. The van der Waals surface area contributed by atoms with E-state index in [1.807, 2.05) is 0 Å². The molecular weight excluding hydrogens is 260 g/mol. The molecule has 2 heterocycles. The number of fused-ring (bicyclic) bond motifs is 1. The van der Waals surface area contributed by atoms with Gasteiger partial charge < -0.3 is 10.2 Å². The summed E-state index contributed by atoms with van der Waals surface area (Å²) in [5, 5.41) is 3.45. The maximum Gasteiger partial charge on any atom is 0.240 e. The largest absolute Gasteiger partial charge is 0.338 e. The van der Waals surface area contributed by atoms with E-state index in [9.17, 15) is 4.79 Å². The first-order chi connectivity index (χ1) is 10.3. The minimum atomic E-state index is -0.0351. The Bertz CT molecular complexity index is 500. The second-order valence-electron chi connectivity index (χ2n) is 6.35. The first-order valence-electron chi connectivity index (χ1n) is 8.40. The zero-order valence-corrected chi connectivity index (χ0v) is 13.0. The second kappa shape index (κ2) is 6.61. The van der Waals surface area contributed by atoms with Crippen molar-refractivity contribution < 1.29 is 4.79 Å². The highest BCUT2D eigenvalue weighted by molar-refractivity contribution is 5.83. The number of carbonyl (C=O) groups is 1. The van der Waals surface area contributed by atoms with Gasteiger partial charge in [0.05, 0.1) is 6.04 Å². The van der Waals surface area contributed by atoms with Crippen LogP contribution >= 0.6 is 0 Å². The number of carbonyl (C=O) groups excluding carboxylic acids is 1. The number of hydrogen-bond donors (Lipinski definition) is 1. The molecule has 21 heavy (non-hydrogen) atoms. The van der Waals surface area contributed by atoms with Crippen molar-refractivity contribution in [3.8, 4) is 0 Å². The fraction of sp³-hybridized carbons (Fsp3) is 0.611. The van der Waals surface area contributed by atoms with Gasteiger partial charge in [-0.25, -0.2) is 0 Å². The predicted molar refractivity (Wildman–Crippen MR) is 85.0 cm³/mol. The lowest BCUT2D eigenvalue weighted by Crippen LogP contribution is -2.52. The molecule has 3 rings (SSSR count). The Balaban J connectivity index is 1.73. The van der Waals surface area contributed by atoms with Crippen LogP contribution in [-0.4, -0.2) is 29.4 Å². The average molecular weight is 286 g/mol. The zero-order valence-electron chi connectivity index (χ0n) is 13.0. The third kappa shape index (κ3) is 3.13. The zero-order chi connectivity index (χ0) is 14.7. The van der Waals surface area contributed by atoms with Gasteiger partial charge in [-0.3, -0.25) is 4.79 Å². The molecule has 3 heteroatoms. The number of likely N-dealkylation sites (tertiary alicyclic amines) is 1. The Morgan fingerprint density at radius 3 is 2.86 bits per heavy atom. The molecule has 0 aromatic heterocycles. The third-order valence-electron chi connectivity index (χ3n) is 5.01. The minimum Gasteiger partial charge on any atom is -0.338 e. The third-order valence-corrected chi connectivity index (χ3v) is 5.01. The van der Waals surface area contributed by atoms with Gasteiger partial charge in [-0.2, -0.15) is 0 Å². The highest BCUT2D eigenvalue weighted by atomic mass is 16.2. The van der Waals surface area contributed by atoms with Crippen molar-refractivity contribution in [2.45, 2.75) is 64.1 Å². The molecule has 1 N–H and O–H groups in total. The van der Waals surface area contributed by atoms with E-state index in [1.165, 1.54) is 30.4 Å². The van der Waals surface area contributed by atoms with E-state index in [2.05, 4.69) is 41.4 Å². The quantitative estimate of drug-likeness (QED) is 0.906. The first kappa shape index (κ1) is 14.6. The Morgan fingerprint density at radius 1 is 1.24 bits per heavy atom. The number of hydrogen-bond acceptors (Lipinski definition) is 2. The molecule has 0 aliphatic carbocycles. The van der Waals surface area contributed by atoms with Crippen molar-refractivity contribution in [1.29, 1.82) is 0 Å². The molecule has 2 aliphatic rings. The highest BCUT2D eigenvalue weighted by Gasteiger charge is 2.31. The van der Waals surface area contributed by atoms with E-state index in [0.717, 1.165) is 32.4 Å². The van der Waals surface area contributed by atoms with E-state index in [-0.39, 0.29) is 6.04 Å². The summed E-state index contributed by atoms with van der Waals surface area (Å²) < 4.78 is 0. The Labute approximate surface area is 127 Å². The van der Waals surface area contributed by atoms with Gasteiger partial charge in [-0.15, -0.1) is 0 Å². The van der Waals surface area contributed by atoms with Gasteiger partial charge in [-0.1, -0.05) is 44.0 Å². The van der Waals surface area contributed by atoms with Crippen LogP contribution < -0.4 is 5.32 Å². The second-order valence-corrected chi connectivity index (χ2v) is 6.35. The van der Waals surface area contributed by atoms with Crippen molar-refractivity contribution in [2.24, 2.45) is 0 Å². The molecule has 2 aliphatic heterocycles. The van der Waals surface area contributed by atoms with Gasteiger partial charge in [0.2, 0.25) is 5.91 Å². The van der Waals surface area contributed by atoms with Crippen molar-refractivity contribution in [3.05, 3.63) is 35.4 Å². The lowest BCUT2D eigenvalue weighted by Gasteiger charge is -2.35. The van der Waals surface area contributed by atoms with Crippen molar-refractivity contribution in [1.82, 2.24) is 10.2 Å². The number of nitrogens with one attached hydrogen (secondary N) is 1. The standard InChI is InChI=1S/C18H26N2O/c1-2-16-10-4-3-7-11-20(16)18(21)17-12-14-8-5-6-9-15(14)13-19-17/h5-6,8-9,16-17,19H,2-4,7,10-13H2,1H3/t16?,17-/m1/s1. The Hall–Kier alpha value is -1.35. The van der Waals surface area contributed by atoms with Gasteiger partial charge in [-0.05, 0) is 36.8 Å². The molecule has 2 atom stereocenters. The summed E-state index contributed by atoms with van der Waals surface area (Å²) in [6.07, 6.45) is 6.78. The topological polar surface area (TPSA) is 32.3 Å². The van der Waals surface area contributed by atoms with Crippen LogP contribution in [0.15, 0.2) is 24.3 Å². The van der Waals surface area contributed by atoms with Gasteiger partial charge in [0, 0.05) is 19.1 Å². The minimum absolute atomic E-state index is 0.0351. The van der Waals surface area contributed by atoms with Crippen molar-refractivity contribution in [3.63, 3.8) is 0 Å². The smallest absolute Gasteiger partial charge is 0.240 e. The number of amides is 1. The van der Waals surface area contributed by atoms with Crippen LogP contribution in [0.25, 0.3) is 0 Å². The molecule has 0 spiro atoms. The SMILES string of the molecule is CCC1CCCCCN1C(=O)[C@H]1Cc2ccccc2CN1. The molecule has 0 bridgehead atoms. The molecule has 1 aromatic carbocycles. The van der Waals surface area contributed by atoms with Crippen LogP contribution in [0.2, 0.25) is 0 Å². The van der Waals surface area contributed by atoms with E-state index in [4.69, 9.17) is 0 Å². The monoisotopic (exact) mass is 286 g/mol. The summed E-state index contributed by atoms with van der Waals surface area (Å²) >= 11 is 0. The van der Waals surface area contributed by atoms with E-state index >= 15 is 0 Å². The molecule has 1 saturated heterocycles. The van der Waals surface area contributed by atoms with Gasteiger partial charge in [0.25, 0.3) is 0 Å². The van der Waals surface area contributed by atoms with Crippen LogP contribution in [0.4, 0.5) is 0 Å². The average Bonchev–Trinajstić information content (AvgIpc) is 2.79. The number of benzene rings is 1. The lowest BCUT2D eigenvalue weighted by atomic mass is 9.94. The summed E-state index contributed by atoms with van der Waals surface area (Å²) in [7, 11) is 0. The molecule has 1 fully saturated rings.